The molecule has 0 N–H and O–H groups in total. The molecule has 0 saturated heterocycles. The van der Waals surface area contributed by atoms with Crippen molar-refractivity contribution in [3.05, 3.63) is 6.42 Å². The highest BCUT2D eigenvalue weighted by molar-refractivity contribution is 4.78. The summed E-state index contributed by atoms with van der Waals surface area (Å²) in [5, 5.41) is 0. The highest BCUT2D eigenvalue weighted by Gasteiger charge is 2.13. The molecule has 1 radical (unpaired) electrons. The fourth-order valence-corrected chi connectivity index (χ4v) is 1.54. The molecule has 1 aliphatic carbocycles. The zero-order valence-corrected chi connectivity index (χ0v) is 5.85. The summed E-state index contributed by atoms with van der Waals surface area (Å²) in [6.45, 7) is 4.68. The molecular formula is C8H15. The van der Waals surface area contributed by atoms with Crippen molar-refractivity contribution in [2.75, 3.05) is 0 Å². The van der Waals surface area contributed by atoms with Gasteiger partial charge in [0.2, 0.25) is 0 Å². The van der Waals surface area contributed by atoms with Gasteiger partial charge in [-0.25, -0.2) is 0 Å². The lowest BCUT2D eigenvalue weighted by Crippen LogP contribution is -2.09. The first-order valence-electron chi connectivity index (χ1n) is 3.60. The van der Waals surface area contributed by atoms with Crippen LogP contribution in [0.4, 0.5) is 0 Å². The lowest BCUT2D eigenvalue weighted by Gasteiger charge is -2.22. The molecule has 0 aliphatic heterocycles. The molecule has 1 fully saturated rings. The van der Waals surface area contributed by atoms with E-state index in [9.17, 15) is 0 Å². The average Bonchev–Trinajstić information content (AvgIpc) is 1.64. The average molecular weight is 111 g/mol. The van der Waals surface area contributed by atoms with Crippen molar-refractivity contribution in [1.29, 1.82) is 0 Å². The highest BCUT2D eigenvalue weighted by Crippen LogP contribution is 2.26. The summed E-state index contributed by atoms with van der Waals surface area (Å²) in [6, 6.07) is 0. The molecule has 2 atom stereocenters. The fraction of sp³-hybridized carbons (Fsp3) is 0.875. The van der Waals surface area contributed by atoms with Crippen LogP contribution in [-0.2, 0) is 0 Å². The Morgan fingerprint density at radius 3 is 1.88 bits per heavy atom. The Morgan fingerprint density at radius 2 is 1.62 bits per heavy atom. The maximum absolute atomic E-state index is 2.43. The van der Waals surface area contributed by atoms with Gasteiger partial charge in [0.05, 0.1) is 0 Å². The molecule has 0 aromatic heterocycles. The van der Waals surface area contributed by atoms with Crippen LogP contribution in [-0.4, -0.2) is 0 Å². The Labute approximate surface area is 52.3 Å². The molecule has 0 heterocycles. The smallest absolute Gasteiger partial charge is 0.0381 e. The van der Waals surface area contributed by atoms with Gasteiger partial charge in [-0.05, 0) is 37.5 Å². The van der Waals surface area contributed by atoms with Crippen molar-refractivity contribution in [2.45, 2.75) is 33.1 Å². The maximum Gasteiger partial charge on any atom is -0.0381 e. The second-order valence-corrected chi connectivity index (χ2v) is 3.21. The van der Waals surface area contributed by atoms with Crippen LogP contribution in [0.2, 0.25) is 0 Å². The van der Waals surface area contributed by atoms with Gasteiger partial charge in [0.25, 0.3) is 0 Å². The second kappa shape index (κ2) is 2.52. The fourth-order valence-electron chi connectivity index (χ4n) is 1.54. The molecule has 0 amide bonds. The first-order valence-corrected chi connectivity index (χ1v) is 3.60. The summed E-state index contributed by atoms with van der Waals surface area (Å²) >= 11 is 0. The molecule has 1 aliphatic rings. The maximum atomic E-state index is 2.43. The lowest BCUT2D eigenvalue weighted by atomic mass is 9.84. The van der Waals surface area contributed by atoms with E-state index in [1.807, 2.05) is 0 Å². The van der Waals surface area contributed by atoms with E-state index >= 15 is 0 Å². The minimum Gasteiger partial charge on any atom is -0.0625 e. The minimum atomic E-state index is 0.957. The summed E-state index contributed by atoms with van der Waals surface area (Å²) in [4.78, 5) is 0. The van der Waals surface area contributed by atoms with Crippen LogP contribution in [0.1, 0.15) is 33.1 Å². The molecule has 0 unspecified atom stereocenters. The predicted molar refractivity (Wildman–Crippen MR) is 36.5 cm³/mol. The number of hydrogen-bond acceptors (Lipinski definition) is 0. The molecule has 1 rings (SSSR count). The topological polar surface area (TPSA) is 0 Å². The molecule has 0 aromatic carbocycles. The first-order chi connectivity index (χ1) is 3.79. The zero-order chi connectivity index (χ0) is 5.98. The first kappa shape index (κ1) is 6.12. The lowest BCUT2D eigenvalue weighted by molar-refractivity contribution is 0.354. The van der Waals surface area contributed by atoms with E-state index in [0.29, 0.717) is 0 Å². The van der Waals surface area contributed by atoms with Gasteiger partial charge in [-0.3, -0.25) is 0 Å². The van der Waals surface area contributed by atoms with Crippen molar-refractivity contribution in [1.82, 2.24) is 0 Å². The normalized spacial score (nSPS) is 39.8. The predicted octanol–water partition coefficient (Wildman–Crippen LogP) is 2.65. The van der Waals surface area contributed by atoms with Crippen molar-refractivity contribution >= 4 is 0 Å². The molecule has 1 saturated carbocycles. The summed E-state index contributed by atoms with van der Waals surface area (Å²) in [5.41, 5.74) is 0. The van der Waals surface area contributed by atoms with Gasteiger partial charge in [0, 0.05) is 0 Å². The van der Waals surface area contributed by atoms with Crippen LogP contribution in [0.15, 0.2) is 0 Å². The van der Waals surface area contributed by atoms with E-state index in [-0.39, 0.29) is 0 Å². The molecule has 0 spiro atoms. The second-order valence-electron chi connectivity index (χ2n) is 3.21. The highest BCUT2D eigenvalue weighted by atomic mass is 14.2. The molecule has 8 heavy (non-hydrogen) atoms. The van der Waals surface area contributed by atoms with E-state index in [1.165, 1.54) is 19.3 Å². The van der Waals surface area contributed by atoms with Gasteiger partial charge < -0.3 is 0 Å². The van der Waals surface area contributed by atoms with E-state index in [2.05, 4.69) is 20.3 Å². The van der Waals surface area contributed by atoms with Gasteiger partial charge in [-0.2, -0.15) is 0 Å². The Hall–Kier alpha value is 0. The van der Waals surface area contributed by atoms with Gasteiger partial charge in [-0.15, -0.1) is 0 Å². The van der Waals surface area contributed by atoms with E-state index < -0.39 is 0 Å². The van der Waals surface area contributed by atoms with E-state index in [4.69, 9.17) is 0 Å². The molecular weight excluding hydrogens is 96.1 g/mol. The third-order valence-electron chi connectivity index (χ3n) is 1.94. The van der Waals surface area contributed by atoms with Crippen molar-refractivity contribution < 1.29 is 0 Å². The van der Waals surface area contributed by atoms with E-state index in [0.717, 1.165) is 11.8 Å². The third-order valence-corrected chi connectivity index (χ3v) is 1.94. The van der Waals surface area contributed by atoms with Crippen LogP contribution in [0.25, 0.3) is 0 Å². The van der Waals surface area contributed by atoms with Crippen LogP contribution < -0.4 is 0 Å². The summed E-state index contributed by atoms with van der Waals surface area (Å²) in [5.74, 6) is 1.91. The standard InChI is InChI=1S/C8H15/c1-7-4-3-5-8(2)6-7/h3,7-8H,4-6H2,1-2H3/t7-,8+. The van der Waals surface area contributed by atoms with Gasteiger partial charge >= 0.3 is 0 Å². The van der Waals surface area contributed by atoms with Gasteiger partial charge in [-0.1, -0.05) is 13.8 Å². The Balaban J connectivity index is 2.23. The van der Waals surface area contributed by atoms with Crippen molar-refractivity contribution in [3.63, 3.8) is 0 Å². The molecule has 0 nitrogen and oxygen atoms in total. The third kappa shape index (κ3) is 1.50. The summed E-state index contributed by atoms with van der Waals surface area (Å²) in [6.07, 6.45) is 6.57. The van der Waals surface area contributed by atoms with E-state index in [1.54, 1.807) is 0 Å². The zero-order valence-electron chi connectivity index (χ0n) is 5.85. The monoisotopic (exact) mass is 111 g/mol. The quantitative estimate of drug-likeness (QED) is 0.451. The van der Waals surface area contributed by atoms with Gasteiger partial charge in [0.15, 0.2) is 0 Å². The summed E-state index contributed by atoms with van der Waals surface area (Å²) in [7, 11) is 0. The molecule has 47 valence electrons. The molecule has 0 heteroatoms. The Bertz CT molecular complexity index is 58.4. The van der Waals surface area contributed by atoms with Crippen molar-refractivity contribution in [2.24, 2.45) is 11.8 Å². The van der Waals surface area contributed by atoms with Crippen LogP contribution >= 0.6 is 0 Å². The van der Waals surface area contributed by atoms with Crippen LogP contribution in [0, 0.1) is 18.3 Å². The van der Waals surface area contributed by atoms with Crippen LogP contribution in [0.5, 0.6) is 0 Å². The minimum absolute atomic E-state index is 0.957. The Kier molecular flexibility index (Phi) is 1.93. The van der Waals surface area contributed by atoms with Gasteiger partial charge in [0.1, 0.15) is 0 Å². The Morgan fingerprint density at radius 1 is 1.12 bits per heavy atom. The molecule has 0 bridgehead atoms. The summed E-state index contributed by atoms with van der Waals surface area (Å²) < 4.78 is 0. The number of hydrogen-bond donors (Lipinski definition) is 0. The number of rotatable bonds is 0. The molecule has 0 aromatic rings. The largest absolute Gasteiger partial charge is 0.0625 e. The SMILES string of the molecule is C[C@@H]1C[CH]C[C@H](C)C1. The van der Waals surface area contributed by atoms with Crippen molar-refractivity contribution in [3.8, 4) is 0 Å². The van der Waals surface area contributed by atoms with Crippen LogP contribution in [0.3, 0.4) is 0 Å².